The van der Waals surface area contributed by atoms with Crippen LogP contribution in [0.5, 0.6) is 0 Å². The molecule has 0 aliphatic heterocycles. The summed E-state index contributed by atoms with van der Waals surface area (Å²) in [5.41, 5.74) is 9.05. The minimum atomic E-state index is -1.71. The number of hydrogen-bond donors (Lipinski definition) is 0. The molecule has 0 saturated carbocycles. The molecule has 0 atom stereocenters. The first-order valence-corrected chi connectivity index (χ1v) is 11.3. The van der Waals surface area contributed by atoms with Crippen LogP contribution in [0.1, 0.15) is 79.0 Å². The summed E-state index contributed by atoms with van der Waals surface area (Å²) in [6.07, 6.45) is 5.67. The molecule has 24 heavy (non-hydrogen) atoms. The van der Waals surface area contributed by atoms with Gasteiger partial charge in [0.2, 0.25) is 0 Å². The molecular formula is C23H34Si. The van der Waals surface area contributed by atoms with Crippen LogP contribution in [-0.4, -0.2) is 8.07 Å². The zero-order valence-corrected chi connectivity index (χ0v) is 18.0. The second-order valence-electron chi connectivity index (χ2n) is 8.84. The van der Waals surface area contributed by atoms with Crippen LogP contribution in [0.15, 0.2) is 18.2 Å². The Balaban J connectivity index is 3.50. The van der Waals surface area contributed by atoms with Crippen molar-refractivity contribution in [2.24, 2.45) is 0 Å². The SMILES string of the molecule is C#Cc1cc(C#C[Si](C(C)C)(C(C)C)C(C)C)cc(C(C)(C)C)c1. The Morgan fingerprint density at radius 2 is 1.29 bits per heavy atom. The predicted molar refractivity (Wildman–Crippen MR) is 111 cm³/mol. The number of rotatable bonds is 3. The van der Waals surface area contributed by atoms with Gasteiger partial charge in [-0.1, -0.05) is 74.2 Å². The fourth-order valence-electron chi connectivity index (χ4n) is 3.83. The van der Waals surface area contributed by atoms with Crippen LogP contribution in [0.2, 0.25) is 16.6 Å². The minimum absolute atomic E-state index is 0.0753. The van der Waals surface area contributed by atoms with Gasteiger partial charge in [-0.2, -0.15) is 0 Å². The van der Waals surface area contributed by atoms with E-state index in [0.29, 0.717) is 16.6 Å². The quantitative estimate of drug-likeness (QED) is 0.434. The Morgan fingerprint density at radius 1 is 0.833 bits per heavy atom. The molecule has 0 spiro atoms. The van der Waals surface area contributed by atoms with Gasteiger partial charge in [0.1, 0.15) is 8.07 Å². The maximum absolute atomic E-state index is 5.67. The molecule has 0 nitrogen and oxygen atoms in total. The van der Waals surface area contributed by atoms with Crippen LogP contribution in [0.3, 0.4) is 0 Å². The second-order valence-corrected chi connectivity index (χ2v) is 14.4. The summed E-state index contributed by atoms with van der Waals surface area (Å²) in [6, 6.07) is 6.39. The first-order valence-electron chi connectivity index (χ1n) is 9.10. The molecule has 0 amide bonds. The van der Waals surface area contributed by atoms with Crippen molar-refractivity contribution in [3.05, 3.63) is 34.9 Å². The summed E-state index contributed by atoms with van der Waals surface area (Å²) in [5, 5.41) is 0. The highest BCUT2D eigenvalue weighted by atomic mass is 28.3. The fourth-order valence-corrected chi connectivity index (χ4v) is 9.06. The largest absolute Gasteiger partial charge is 0.146 e. The van der Waals surface area contributed by atoms with Gasteiger partial charge in [-0.3, -0.25) is 0 Å². The van der Waals surface area contributed by atoms with Gasteiger partial charge < -0.3 is 0 Å². The molecule has 0 saturated heterocycles. The van der Waals surface area contributed by atoms with E-state index in [9.17, 15) is 0 Å². The van der Waals surface area contributed by atoms with Gasteiger partial charge in [0.05, 0.1) is 0 Å². The lowest BCUT2D eigenvalue weighted by Crippen LogP contribution is -2.43. The standard InChI is InChI=1S/C23H34Si/c1-11-20-14-21(16-22(15-20)23(8,9)10)12-13-24(17(2)3,18(4)5)19(6)7/h1,14-19H,2-10H3. The summed E-state index contributed by atoms with van der Waals surface area (Å²) >= 11 is 0. The predicted octanol–water partition coefficient (Wildman–Crippen LogP) is 6.53. The molecule has 0 bridgehead atoms. The molecule has 0 aliphatic carbocycles. The highest BCUT2D eigenvalue weighted by Gasteiger charge is 2.41. The zero-order chi connectivity index (χ0) is 18.7. The molecule has 1 aromatic carbocycles. The molecule has 0 N–H and O–H groups in total. The van der Waals surface area contributed by atoms with Crippen LogP contribution < -0.4 is 0 Å². The van der Waals surface area contributed by atoms with Crippen molar-refractivity contribution < 1.29 is 0 Å². The van der Waals surface area contributed by atoms with E-state index >= 15 is 0 Å². The maximum Gasteiger partial charge on any atom is 0.146 e. The lowest BCUT2D eigenvalue weighted by Gasteiger charge is -2.38. The Labute approximate surface area is 151 Å². The van der Waals surface area contributed by atoms with Crippen molar-refractivity contribution in [3.8, 4) is 23.8 Å². The minimum Gasteiger partial charge on any atom is -0.125 e. The molecule has 0 aromatic heterocycles. The topological polar surface area (TPSA) is 0 Å². The van der Waals surface area contributed by atoms with Crippen molar-refractivity contribution in [1.29, 1.82) is 0 Å². The van der Waals surface area contributed by atoms with E-state index in [-0.39, 0.29) is 5.41 Å². The molecule has 1 aromatic rings. The summed E-state index contributed by atoms with van der Waals surface area (Å²) in [7, 11) is -1.71. The van der Waals surface area contributed by atoms with Crippen molar-refractivity contribution in [3.63, 3.8) is 0 Å². The van der Waals surface area contributed by atoms with E-state index in [2.05, 4.69) is 97.9 Å². The van der Waals surface area contributed by atoms with Gasteiger partial charge in [-0.05, 0) is 45.8 Å². The molecule has 0 heterocycles. The van der Waals surface area contributed by atoms with Crippen molar-refractivity contribution in [2.45, 2.75) is 84.4 Å². The fraction of sp³-hybridized carbons (Fsp3) is 0.565. The molecule has 0 radical (unpaired) electrons. The summed E-state index contributed by atoms with van der Waals surface area (Å²) < 4.78 is 0. The Morgan fingerprint density at radius 3 is 1.67 bits per heavy atom. The van der Waals surface area contributed by atoms with Gasteiger partial charge in [0.15, 0.2) is 0 Å². The van der Waals surface area contributed by atoms with E-state index in [1.54, 1.807) is 0 Å². The van der Waals surface area contributed by atoms with Gasteiger partial charge in [0.25, 0.3) is 0 Å². The van der Waals surface area contributed by atoms with Crippen LogP contribution in [-0.2, 0) is 5.41 Å². The second kappa shape index (κ2) is 7.63. The third-order valence-electron chi connectivity index (χ3n) is 5.26. The maximum atomic E-state index is 5.67. The number of terminal acetylenes is 1. The lowest BCUT2D eigenvalue weighted by molar-refractivity contribution is 0.590. The van der Waals surface area contributed by atoms with Crippen LogP contribution in [0, 0.1) is 23.8 Å². The molecule has 0 aliphatic rings. The Kier molecular flexibility index (Phi) is 6.55. The first-order chi connectivity index (χ1) is 10.9. The molecule has 130 valence electrons. The summed E-state index contributed by atoms with van der Waals surface area (Å²) in [5.74, 6) is 6.32. The molecule has 0 fully saturated rings. The van der Waals surface area contributed by atoms with E-state index in [0.717, 1.165) is 11.1 Å². The Hall–Kier alpha value is -1.44. The lowest BCUT2D eigenvalue weighted by atomic mass is 9.85. The van der Waals surface area contributed by atoms with Gasteiger partial charge in [-0.15, -0.1) is 12.0 Å². The molecular weight excluding hydrogens is 304 g/mol. The third kappa shape index (κ3) is 4.34. The van der Waals surface area contributed by atoms with E-state index in [1.165, 1.54) is 5.56 Å². The average Bonchev–Trinajstić information content (AvgIpc) is 2.45. The number of benzene rings is 1. The van der Waals surface area contributed by atoms with Gasteiger partial charge >= 0.3 is 0 Å². The van der Waals surface area contributed by atoms with Crippen molar-refractivity contribution in [1.82, 2.24) is 0 Å². The van der Waals surface area contributed by atoms with Gasteiger partial charge in [0, 0.05) is 11.1 Å². The molecule has 1 rings (SSSR count). The van der Waals surface area contributed by atoms with Crippen LogP contribution in [0.25, 0.3) is 0 Å². The molecule has 1 heteroatoms. The summed E-state index contributed by atoms with van der Waals surface area (Å²) in [4.78, 5) is 0. The van der Waals surface area contributed by atoms with Crippen LogP contribution >= 0.6 is 0 Å². The third-order valence-corrected chi connectivity index (χ3v) is 11.5. The van der Waals surface area contributed by atoms with E-state index < -0.39 is 8.07 Å². The average molecular weight is 339 g/mol. The Bertz CT molecular complexity index is 645. The highest BCUT2D eigenvalue weighted by Crippen LogP contribution is 2.40. The zero-order valence-electron chi connectivity index (χ0n) is 17.0. The van der Waals surface area contributed by atoms with Gasteiger partial charge in [-0.25, -0.2) is 0 Å². The summed E-state index contributed by atoms with van der Waals surface area (Å²) in [6.45, 7) is 20.7. The monoisotopic (exact) mass is 338 g/mol. The van der Waals surface area contributed by atoms with E-state index in [4.69, 9.17) is 6.42 Å². The smallest absolute Gasteiger partial charge is 0.125 e. The van der Waals surface area contributed by atoms with Crippen molar-refractivity contribution in [2.75, 3.05) is 0 Å². The van der Waals surface area contributed by atoms with Crippen molar-refractivity contribution >= 4 is 8.07 Å². The number of hydrogen-bond acceptors (Lipinski definition) is 0. The first kappa shape index (κ1) is 20.6. The highest BCUT2D eigenvalue weighted by molar-refractivity contribution is 6.90. The normalized spacial score (nSPS) is 12.3. The van der Waals surface area contributed by atoms with Crippen LogP contribution in [0.4, 0.5) is 0 Å². The molecule has 0 unspecified atom stereocenters. The van der Waals surface area contributed by atoms with E-state index in [1.807, 2.05) is 0 Å².